The molecule has 3 atom stereocenters. The molecule has 4 heterocycles. The Bertz CT molecular complexity index is 3300. The quantitative estimate of drug-likeness (QED) is 0.0293. The van der Waals surface area contributed by atoms with Crippen LogP contribution in [-0.2, 0) is 35.5 Å². The van der Waals surface area contributed by atoms with Gasteiger partial charge in [0.15, 0.2) is 0 Å². The minimum absolute atomic E-state index is 0.0338. The first-order valence-corrected chi connectivity index (χ1v) is 32.2. The number of allylic oxidation sites excluding steroid dienone is 1. The lowest BCUT2D eigenvalue weighted by molar-refractivity contribution is -0.136. The zero-order valence-electron chi connectivity index (χ0n) is 49.5. The summed E-state index contributed by atoms with van der Waals surface area (Å²) in [5.74, 6) is -2.58. The molecule has 3 saturated heterocycles. The monoisotopic (exact) mass is 1240 g/mol. The molecular weight excluding hydrogens is 1160 g/mol. The molecule has 87 heavy (non-hydrogen) atoms. The number of carbonyl (C=O) groups excluding carboxylic acids is 6. The summed E-state index contributed by atoms with van der Waals surface area (Å²) >= 11 is 6.33. The predicted molar refractivity (Wildman–Crippen MR) is 328 cm³/mol. The fourth-order valence-electron chi connectivity index (χ4n) is 12.3. The maximum Gasteiger partial charge on any atom is 0.501 e. The van der Waals surface area contributed by atoms with Crippen molar-refractivity contribution >= 4 is 79.5 Å². The van der Waals surface area contributed by atoms with Crippen molar-refractivity contribution in [1.82, 2.24) is 30.7 Å². The number of nitrogens with zero attached hydrogens (tertiary/aromatic N) is 4. The number of piperazine rings is 1. The molecule has 0 radical (unpaired) electrons. The maximum absolute atomic E-state index is 14.0. The van der Waals surface area contributed by atoms with Gasteiger partial charge in [-0.1, -0.05) is 74.5 Å². The van der Waals surface area contributed by atoms with Crippen molar-refractivity contribution in [3.63, 3.8) is 0 Å². The van der Waals surface area contributed by atoms with Crippen molar-refractivity contribution in [3.05, 3.63) is 123 Å². The molecule has 4 aliphatic heterocycles. The van der Waals surface area contributed by atoms with Gasteiger partial charge in [0.25, 0.3) is 27.6 Å². The Labute approximate surface area is 512 Å². The van der Waals surface area contributed by atoms with E-state index in [-0.39, 0.29) is 59.1 Å². The number of anilines is 3. The molecule has 18 nitrogen and oxygen atoms in total. The number of imide groups is 2. The first kappa shape index (κ1) is 64.6. The van der Waals surface area contributed by atoms with Gasteiger partial charge in [-0.15, -0.1) is 0 Å². The molecule has 3 fully saturated rings. The number of alkyl halides is 3. The van der Waals surface area contributed by atoms with Gasteiger partial charge in [0.1, 0.15) is 6.04 Å². The van der Waals surface area contributed by atoms with Crippen LogP contribution in [0.4, 0.5) is 30.2 Å². The zero-order valence-corrected chi connectivity index (χ0v) is 51.1. The highest BCUT2D eigenvalue weighted by molar-refractivity contribution is 7.92. The number of ether oxygens (including phenoxy) is 1. The molecule has 4 aromatic carbocycles. The van der Waals surface area contributed by atoms with Crippen molar-refractivity contribution in [1.29, 1.82) is 0 Å². The summed E-state index contributed by atoms with van der Waals surface area (Å²) in [6, 6.07) is 22.7. The fourth-order valence-corrected chi connectivity index (χ4v) is 13.4. The third kappa shape index (κ3) is 16.3. The van der Waals surface area contributed by atoms with E-state index in [4.69, 9.17) is 16.3 Å². The standard InChI is InChI=1S/C64H79ClF3N9O9S/c1-3-48(26-29-74-34-36-86-37-35-74)72-52-22-13-43(38-55(52)87(84,85)64(66,67)68)40-70-59(80)45-16-20-49(21-17-45)76-32-30-75(31-33-76)41-46-39-63(2,27-25-50(46)44-14-18-47(65)19-15-44)42-71-56(78)12-7-5-4-6-8-28-69-53-11-9-10-51-58(53)62(83)77(61(51)82)54-23-24-57(79)73-60(54)81/h9-11,13-22,38,48,54,69,72H,3-8,12,23-37,39-42H2,1-2H3,(H,70,80)(H,71,78)(H,73,79,81)/t48-,54?,63?/m0/s1. The molecule has 6 amide bonds. The molecule has 9 rings (SSSR count). The van der Waals surface area contributed by atoms with Crippen molar-refractivity contribution in [2.75, 3.05) is 94.2 Å². The molecule has 468 valence electrons. The summed E-state index contributed by atoms with van der Waals surface area (Å²) in [5, 5.41) is 15.3. The highest BCUT2D eigenvalue weighted by Crippen LogP contribution is 2.44. The van der Waals surface area contributed by atoms with Crippen LogP contribution >= 0.6 is 11.6 Å². The molecular formula is C64H79ClF3N9O9S. The van der Waals surface area contributed by atoms with Gasteiger partial charge in [-0.25, -0.2) is 8.42 Å². The van der Waals surface area contributed by atoms with Crippen molar-refractivity contribution in [3.8, 4) is 0 Å². The van der Waals surface area contributed by atoms with Gasteiger partial charge in [-0.3, -0.25) is 48.8 Å². The first-order valence-electron chi connectivity index (χ1n) is 30.4. The van der Waals surface area contributed by atoms with Crippen LogP contribution in [0.2, 0.25) is 5.02 Å². The molecule has 5 N–H and O–H groups in total. The molecule has 0 bridgehead atoms. The second-order valence-electron chi connectivity index (χ2n) is 23.7. The Kier molecular flexibility index (Phi) is 21.5. The van der Waals surface area contributed by atoms with Gasteiger partial charge in [0.2, 0.25) is 17.7 Å². The number of nitrogens with one attached hydrogen (secondary N) is 5. The van der Waals surface area contributed by atoms with E-state index < -0.39 is 55.8 Å². The number of unbranched alkanes of at least 4 members (excludes halogenated alkanes) is 4. The van der Waals surface area contributed by atoms with Crippen LogP contribution in [0.5, 0.6) is 0 Å². The Balaban J connectivity index is 0.713. The number of rotatable bonds is 26. The van der Waals surface area contributed by atoms with E-state index in [2.05, 4.69) is 60.3 Å². The molecule has 1 aliphatic carbocycles. The van der Waals surface area contributed by atoms with E-state index in [0.29, 0.717) is 68.4 Å². The molecule has 2 unspecified atom stereocenters. The van der Waals surface area contributed by atoms with E-state index >= 15 is 0 Å². The molecule has 0 aromatic heterocycles. The lowest BCUT2D eigenvalue weighted by Crippen LogP contribution is -2.54. The number of morpholine rings is 1. The Morgan fingerprint density at radius 3 is 2.26 bits per heavy atom. The average molecular weight is 1240 g/mol. The largest absolute Gasteiger partial charge is 0.501 e. The van der Waals surface area contributed by atoms with Crippen LogP contribution < -0.4 is 31.5 Å². The zero-order chi connectivity index (χ0) is 61.9. The van der Waals surface area contributed by atoms with Gasteiger partial charge < -0.3 is 30.9 Å². The van der Waals surface area contributed by atoms with Crippen LogP contribution in [0.15, 0.2) is 95.4 Å². The molecule has 4 aromatic rings. The van der Waals surface area contributed by atoms with Crippen molar-refractivity contribution in [2.45, 2.75) is 126 Å². The number of hydrogen-bond acceptors (Lipinski definition) is 14. The summed E-state index contributed by atoms with van der Waals surface area (Å²) in [4.78, 5) is 84.5. The second-order valence-corrected chi connectivity index (χ2v) is 26.1. The number of fused-ring (bicyclic) bond motifs is 1. The minimum atomic E-state index is -5.73. The maximum atomic E-state index is 14.0. The number of carbonyl (C=O) groups is 6. The molecule has 0 spiro atoms. The summed E-state index contributed by atoms with van der Waals surface area (Å²) in [6.45, 7) is 12.3. The number of sulfone groups is 1. The lowest BCUT2D eigenvalue weighted by atomic mass is 9.71. The van der Waals surface area contributed by atoms with E-state index in [0.717, 1.165) is 119 Å². The van der Waals surface area contributed by atoms with Gasteiger partial charge in [-0.05, 0) is 134 Å². The second kappa shape index (κ2) is 29.0. The fraction of sp³-hybridized carbons (Fsp3) is 0.500. The predicted octanol–water partition coefficient (Wildman–Crippen LogP) is 9.21. The number of amides is 6. The van der Waals surface area contributed by atoms with Gasteiger partial charge in [0, 0.05) is 113 Å². The van der Waals surface area contributed by atoms with Gasteiger partial charge in [-0.2, -0.15) is 13.2 Å². The highest BCUT2D eigenvalue weighted by atomic mass is 35.5. The topological polar surface area (TPSA) is 219 Å². The Morgan fingerprint density at radius 2 is 1.55 bits per heavy atom. The van der Waals surface area contributed by atoms with Crippen LogP contribution in [0.1, 0.15) is 140 Å². The smallest absolute Gasteiger partial charge is 0.384 e. The van der Waals surface area contributed by atoms with Crippen LogP contribution in [0.3, 0.4) is 0 Å². The lowest BCUT2D eigenvalue weighted by Gasteiger charge is -2.41. The molecule has 0 saturated carbocycles. The Hall–Kier alpha value is -6.85. The third-order valence-corrected chi connectivity index (χ3v) is 19.2. The summed E-state index contributed by atoms with van der Waals surface area (Å²) in [6.07, 6.45) is 8.62. The van der Waals surface area contributed by atoms with E-state index in [1.807, 2.05) is 31.2 Å². The van der Waals surface area contributed by atoms with Gasteiger partial charge in [0.05, 0.1) is 34.9 Å². The van der Waals surface area contributed by atoms with E-state index in [1.54, 1.807) is 30.3 Å². The molecule has 23 heteroatoms. The van der Waals surface area contributed by atoms with E-state index in [1.165, 1.54) is 23.3 Å². The number of piperidine rings is 1. The number of benzene rings is 4. The van der Waals surface area contributed by atoms with Crippen LogP contribution in [-0.4, -0.2) is 155 Å². The first-order chi connectivity index (χ1) is 41.7. The Morgan fingerprint density at radius 1 is 0.828 bits per heavy atom. The summed E-state index contributed by atoms with van der Waals surface area (Å²) < 4.78 is 73.2. The minimum Gasteiger partial charge on any atom is -0.384 e. The third-order valence-electron chi connectivity index (χ3n) is 17.4. The van der Waals surface area contributed by atoms with Crippen molar-refractivity contribution < 1.29 is 55.1 Å². The SMILES string of the molecule is CC[C@@H](CCN1CCOCC1)Nc1ccc(CNC(=O)c2ccc(N3CCN(CC4=C(c5ccc(Cl)cc5)CCC(C)(CNC(=O)CCCCCCCNc5cccc6c5C(=O)N(C5CCC(=O)NC5=O)C6=O)C4)CC3)cc2)cc1S(=O)(=O)C(F)(F)F. The summed E-state index contributed by atoms with van der Waals surface area (Å²) in [5.41, 5.74) is 0.491. The van der Waals surface area contributed by atoms with Crippen LogP contribution in [0, 0.1) is 5.41 Å². The highest BCUT2D eigenvalue weighted by Gasteiger charge is 2.49. The number of hydrogen-bond donors (Lipinski definition) is 5. The number of halogens is 4. The van der Waals surface area contributed by atoms with Crippen LogP contribution in [0.25, 0.3) is 5.57 Å². The van der Waals surface area contributed by atoms with Gasteiger partial charge >= 0.3 is 5.51 Å². The van der Waals surface area contributed by atoms with Crippen molar-refractivity contribution in [2.24, 2.45) is 5.41 Å². The van der Waals surface area contributed by atoms with E-state index in [9.17, 15) is 50.4 Å². The average Bonchev–Trinajstić information content (AvgIpc) is 1.79. The molecule has 5 aliphatic rings. The normalized spacial score (nSPS) is 20.1. The summed E-state index contributed by atoms with van der Waals surface area (Å²) in [7, 11) is -5.73.